The van der Waals surface area contributed by atoms with E-state index >= 15 is 0 Å². The zero-order chi connectivity index (χ0) is 14.6. The molecule has 0 atom stereocenters. The molecule has 1 aromatic rings. The van der Waals surface area contributed by atoms with Gasteiger partial charge < -0.3 is 9.84 Å². The van der Waals surface area contributed by atoms with E-state index < -0.39 is 15.8 Å². The lowest BCUT2D eigenvalue weighted by Crippen LogP contribution is -2.17. The molecule has 0 heterocycles. The molecule has 0 unspecified atom stereocenters. The van der Waals surface area contributed by atoms with E-state index in [1.54, 1.807) is 0 Å². The molecule has 6 heteroatoms. The van der Waals surface area contributed by atoms with Crippen LogP contribution in [0.3, 0.4) is 0 Å². The van der Waals surface area contributed by atoms with Gasteiger partial charge in [0.25, 0.3) is 0 Å². The van der Waals surface area contributed by atoms with Crippen LogP contribution in [0.25, 0.3) is 0 Å². The summed E-state index contributed by atoms with van der Waals surface area (Å²) < 4.78 is 29.5. The molecular formula is C13H18O5S. The summed E-state index contributed by atoms with van der Waals surface area (Å²) in [6.45, 7) is 5.24. The summed E-state index contributed by atoms with van der Waals surface area (Å²) in [5, 5.41) is 8.99. The van der Waals surface area contributed by atoms with Crippen molar-refractivity contribution in [2.75, 3.05) is 12.4 Å². The summed E-state index contributed by atoms with van der Waals surface area (Å²) in [4.78, 5) is 11.0. The zero-order valence-corrected chi connectivity index (χ0v) is 12.0. The molecule has 0 saturated carbocycles. The van der Waals surface area contributed by atoms with Gasteiger partial charge in [0.2, 0.25) is 0 Å². The zero-order valence-electron chi connectivity index (χ0n) is 11.2. The summed E-state index contributed by atoms with van der Waals surface area (Å²) in [5.41, 5.74) is 0.269. The Kier molecular flexibility index (Phi) is 5.08. The molecule has 0 amide bonds. The van der Waals surface area contributed by atoms with Crippen LogP contribution in [0, 0.1) is 6.92 Å². The first-order valence-corrected chi connectivity index (χ1v) is 7.58. The first kappa shape index (κ1) is 15.7. The average molecular weight is 286 g/mol. The average Bonchev–Trinajstić information content (AvgIpc) is 2.27. The first-order chi connectivity index (χ1) is 8.75. The third-order valence-electron chi connectivity index (χ3n) is 2.65. The van der Waals surface area contributed by atoms with Gasteiger partial charge in [-0.2, -0.15) is 0 Å². The second kappa shape index (κ2) is 6.16. The maximum absolute atomic E-state index is 12.1. The number of benzene rings is 1. The van der Waals surface area contributed by atoms with E-state index in [2.05, 4.69) is 0 Å². The van der Waals surface area contributed by atoms with Gasteiger partial charge in [-0.05, 0) is 38.5 Å². The van der Waals surface area contributed by atoms with E-state index in [-0.39, 0.29) is 34.5 Å². The smallest absolute Gasteiger partial charge is 0.335 e. The predicted molar refractivity (Wildman–Crippen MR) is 71.3 cm³/mol. The highest BCUT2D eigenvalue weighted by Crippen LogP contribution is 2.20. The fourth-order valence-electron chi connectivity index (χ4n) is 1.69. The monoisotopic (exact) mass is 286 g/mol. The Hall–Kier alpha value is -1.40. The molecule has 0 aliphatic rings. The van der Waals surface area contributed by atoms with Crippen LogP contribution in [0.1, 0.15) is 29.8 Å². The highest BCUT2D eigenvalue weighted by Gasteiger charge is 2.20. The molecule has 19 heavy (non-hydrogen) atoms. The van der Waals surface area contributed by atoms with E-state index in [1.807, 2.05) is 13.8 Å². The lowest BCUT2D eigenvalue weighted by atomic mass is 10.1. The molecule has 0 aliphatic carbocycles. The highest BCUT2D eigenvalue weighted by atomic mass is 32.2. The molecule has 0 saturated heterocycles. The summed E-state index contributed by atoms with van der Waals surface area (Å²) in [6, 6.07) is 4.25. The van der Waals surface area contributed by atoms with E-state index in [9.17, 15) is 13.2 Å². The van der Waals surface area contributed by atoms with Crippen LogP contribution in [0.5, 0.6) is 0 Å². The number of hydrogen-bond donors (Lipinski definition) is 1. The molecule has 0 spiro atoms. The second-order valence-electron chi connectivity index (χ2n) is 4.47. The number of rotatable bonds is 6. The molecule has 0 bridgehead atoms. The van der Waals surface area contributed by atoms with E-state index in [1.165, 1.54) is 25.1 Å². The van der Waals surface area contributed by atoms with Crippen LogP contribution < -0.4 is 0 Å². The van der Waals surface area contributed by atoms with Crippen molar-refractivity contribution < 1.29 is 23.1 Å². The van der Waals surface area contributed by atoms with Gasteiger partial charge >= 0.3 is 5.97 Å². The number of aromatic carboxylic acids is 1. The molecule has 0 aromatic heterocycles. The Morgan fingerprint density at radius 1 is 1.37 bits per heavy atom. The van der Waals surface area contributed by atoms with Gasteiger partial charge in [-0.25, -0.2) is 13.2 Å². The lowest BCUT2D eigenvalue weighted by molar-refractivity contribution is 0.0695. The quantitative estimate of drug-likeness (QED) is 0.863. The van der Waals surface area contributed by atoms with Crippen LogP contribution in [0.4, 0.5) is 0 Å². The molecule has 0 aliphatic heterocycles. The molecule has 5 nitrogen and oxygen atoms in total. The van der Waals surface area contributed by atoms with Gasteiger partial charge in [0.1, 0.15) is 0 Å². The van der Waals surface area contributed by atoms with Crippen LogP contribution in [-0.4, -0.2) is 38.0 Å². The lowest BCUT2D eigenvalue weighted by Gasteiger charge is -2.11. The molecule has 106 valence electrons. The fourth-order valence-corrected chi connectivity index (χ4v) is 3.08. The minimum atomic E-state index is -3.53. The summed E-state index contributed by atoms with van der Waals surface area (Å²) in [7, 11) is -3.53. The molecule has 1 rings (SSSR count). The van der Waals surface area contributed by atoms with Gasteiger partial charge in [-0.3, -0.25) is 0 Å². The topological polar surface area (TPSA) is 80.7 Å². The van der Waals surface area contributed by atoms with Crippen LogP contribution in [0.15, 0.2) is 23.1 Å². The van der Waals surface area contributed by atoms with Crippen molar-refractivity contribution in [2.24, 2.45) is 0 Å². The van der Waals surface area contributed by atoms with Gasteiger partial charge in [0, 0.05) is 0 Å². The molecule has 0 fully saturated rings. The number of hydrogen-bond acceptors (Lipinski definition) is 4. The summed E-state index contributed by atoms with van der Waals surface area (Å²) >= 11 is 0. The van der Waals surface area contributed by atoms with Gasteiger partial charge in [-0.15, -0.1) is 0 Å². The van der Waals surface area contributed by atoms with Crippen molar-refractivity contribution in [3.8, 4) is 0 Å². The number of ether oxygens (including phenoxy) is 1. The van der Waals surface area contributed by atoms with Crippen molar-refractivity contribution in [2.45, 2.75) is 31.8 Å². The summed E-state index contributed by atoms with van der Waals surface area (Å²) in [6.07, 6.45) is -0.0401. The van der Waals surface area contributed by atoms with E-state index in [0.29, 0.717) is 0 Å². The Balaban J connectivity index is 3.02. The van der Waals surface area contributed by atoms with E-state index in [4.69, 9.17) is 9.84 Å². The van der Waals surface area contributed by atoms with Crippen LogP contribution >= 0.6 is 0 Å². The molecule has 0 radical (unpaired) electrons. The van der Waals surface area contributed by atoms with Gasteiger partial charge in [-0.1, -0.05) is 6.07 Å². The normalized spacial score (nSPS) is 11.8. The Morgan fingerprint density at radius 3 is 2.53 bits per heavy atom. The number of sulfone groups is 1. The van der Waals surface area contributed by atoms with E-state index in [0.717, 1.165) is 0 Å². The van der Waals surface area contributed by atoms with Crippen molar-refractivity contribution in [3.63, 3.8) is 0 Å². The highest BCUT2D eigenvalue weighted by molar-refractivity contribution is 7.91. The number of carbonyl (C=O) groups is 1. The largest absolute Gasteiger partial charge is 0.478 e. The van der Waals surface area contributed by atoms with Crippen LogP contribution in [0.2, 0.25) is 0 Å². The Morgan fingerprint density at radius 2 is 2.00 bits per heavy atom. The van der Waals surface area contributed by atoms with Crippen molar-refractivity contribution in [3.05, 3.63) is 29.3 Å². The minimum absolute atomic E-state index is 0.00542. The fraction of sp³-hybridized carbons (Fsp3) is 0.462. The Bertz CT molecular complexity index is 560. The Labute approximate surface area is 113 Å². The van der Waals surface area contributed by atoms with Crippen molar-refractivity contribution in [1.82, 2.24) is 0 Å². The minimum Gasteiger partial charge on any atom is -0.478 e. The predicted octanol–water partition coefficient (Wildman–Crippen LogP) is 1.89. The van der Waals surface area contributed by atoms with Crippen molar-refractivity contribution >= 4 is 15.8 Å². The first-order valence-electron chi connectivity index (χ1n) is 5.93. The number of carboxylic acid groups (broad SMARTS) is 1. The van der Waals surface area contributed by atoms with Crippen LogP contribution in [-0.2, 0) is 14.6 Å². The van der Waals surface area contributed by atoms with Gasteiger partial charge in [0.05, 0.1) is 28.9 Å². The maximum Gasteiger partial charge on any atom is 0.335 e. The SMILES string of the molecule is Cc1c(C(=O)O)cccc1S(=O)(=O)CCOC(C)C. The standard InChI is InChI=1S/C13H18O5S/c1-9(2)18-7-8-19(16,17)12-6-4-5-11(10(12)3)13(14)15/h4-6,9H,7-8H2,1-3H3,(H,14,15). The molecule has 1 N–H and O–H groups in total. The summed E-state index contributed by atoms with van der Waals surface area (Å²) in [5.74, 6) is -1.29. The second-order valence-corrected chi connectivity index (χ2v) is 6.55. The molecular weight excluding hydrogens is 268 g/mol. The van der Waals surface area contributed by atoms with Crippen molar-refractivity contribution in [1.29, 1.82) is 0 Å². The van der Waals surface area contributed by atoms with Gasteiger partial charge in [0.15, 0.2) is 9.84 Å². The number of carboxylic acids is 1. The third kappa shape index (κ3) is 4.04. The third-order valence-corrected chi connectivity index (χ3v) is 4.47. The maximum atomic E-state index is 12.1. The molecule has 1 aromatic carbocycles.